The number of aromatic nitrogens is 2. The van der Waals surface area contributed by atoms with Crippen molar-refractivity contribution in [2.24, 2.45) is 0 Å². The Morgan fingerprint density at radius 1 is 0.970 bits per heavy atom. The first-order valence-corrected chi connectivity index (χ1v) is 10.1. The number of benzene rings is 3. The second-order valence-corrected chi connectivity index (χ2v) is 7.19. The smallest absolute Gasteiger partial charge is 0.221 e. The molecule has 0 aliphatic rings. The molecule has 0 unspecified atom stereocenters. The van der Waals surface area contributed by atoms with Gasteiger partial charge in [-0.25, -0.2) is 14.4 Å². The molecule has 0 saturated carbocycles. The third-order valence-electron chi connectivity index (χ3n) is 4.88. The van der Waals surface area contributed by atoms with Gasteiger partial charge >= 0.3 is 0 Å². The molecule has 0 radical (unpaired) electrons. The molecule has 0 fully saturated rings. The van der Waals surface area contributed by atoms with Gasteiger partial charge in [-0.1, -0.05) is 24.3 Å². The maximum absolute atomic E-state index is 13.1. The van der Waals surface area contributed by atoms with Crippen LogP contribution in [0.2, 0.25) is 0 Å². The molecule has 8 heteroatoms. The lowest BCUT2D eigenvalue weighted by Gasteiger charge is -2.16. The van der Waals surface area contributed by atoms with Gasteiger partial charge in [-0.05, 0) is 48.9 Å². The topological polar surface area (TPSA) is 99.7 Å². The standard InChI is InChI=1S/C25H22FN3O4/c1-15-24(33-22-6-4-3-5-21(22)31-2)23(29-25(27)28-15)19-12-11-18(13-20(19)30)32-14-16-7-9-17(26)10-8-16/h3-13,30H,14H2,1-2H3,(H2,27,28,29). The van der Waals surface area contributed by atoms with Crippen LogP contribution >= 0.6 is 0 Å². The van der Waals surface area contributed by atoms with Crippen molar-refractivity contribution in [2.75, 3.05) is 12.8 Å². The van der Waals surface area contributed by atoms with E-state index in [4.69, 9.17) is 19.9 Å². The Balaban J connectivity index is 1.64. The van der Waals surface area contributed by atoms with E-state index in [1.807, 2.05) is 12.1 Å². The number of rotatable bonds is 7. The summed E-state index contributed by atoms with van der Waals surface area (Å²) in [6.07, 6.45) is 0. The van der Waals surface area contributed by atoms with E-state index in [9.17, 15) is 9.50 Å². The number of aryl methyl sites for hydroxylation is 1. The van der Waals surface area contributed by atoms with Crippen LogP contribution in [0.3, 0.4) is 0 Å². The maximum Gasteiger partial charge on any atom is 0.221 e. The number of nitrogens with zero attached hydrogens (tertiary/aromatic N) is 2. The zero-order chi connectivity index (χ0) is 23.4. The molecule has 0 spiro atoms. The van der Waals surface area contributed by atoms with E-state index < -0.39 is 0 Å². The minimum absolute atomic E-state index is 0.0471. The predicted octanol–water partition coefficient (Wildman–Crippen LogP) is 5.26. The van der Waals surface area contributed by atoms with Crippen molar-refractivity contribution >= 4 is 5.95 Å². The van der Waals surface area contributed by atoms with Gasteiger partial charge in [0, 0.05) is 11.6 Å². The predicted molar refractivity (Wildman–Crippen MR) is 122 cm³/mol. The van der Waals surface area contributed by atoms with Gasteiger partial charge < -0.3 is 25.1 Å². The number of anilines is 1. The van der Waals surface area contributed by atoms with E-state index in [0.717, 1.165) is 5.56 Å². The summed E-state index contributed by atoms with van der Waals surface area (Å²) in [5, 5.41) is 10.7. The third-order valence-corrected chi connectivity index (χ3v) is 4.88. The molecule has 1 aromatic heterocycles. The van der Waals surface area contributed by atoms with Crippen LogP contribution in [0.15, 0.2) is 66.7 Å². The molecule has 3 aromatic carbocycles. The first kappa shape index (κ1) is 21.9. The highest BCUT2D eigenvalue weighted by Crippen LogP contribution is 2.41. The fourth-order valence-electron chi connectivity index (χ4n) is 3.25. The first-order valence-electron chi connectivity index (χ1n) is 10.1. The number of phenolic OH excluding ortho intramolecular Hbond substituents is 1. The molecule has 3 N–H and O–H groups in total. The highest BCUT2D eigenvalue weighted by Gasteiger charge is 2.19. The Hall–Kier alpha value is -4.33. The summed E-state index contributed by atoms with van der Waals surface area (Å²) >= 11 is 0. The molecule has 0 aliphatic carbocycles. The molecule has 7 nitrogen and oxygen atoms in total. The fraction of sp³-hybridized carbons (Fsp3) is 0.120. The molecule has 1 heterocycles. The van der Waals surface area contributed by atoms with Gasteiger partial charge in [0.2, 0.25) is 5.95 Å². The summed E-state index contributed by atoms with van der Waals surface area (Å²) in [7, 11) is 1.55. The number of nitrogen functional groups attached to an aromatic ring is 1. The number of hydrogen-bond donors (Lipinski definition) is 2. The normalized spacial score (nSPS) is 10.6. The van der Waals surface area contributed by atoms with E-state index in [1.54, 1.807) is 50.4 Å². The van der Waals surface area contributed by atoms with Gasteiger partial charge in [0.05, 0.1) is 12.8 Å². The number of halogens is 1. The quantitative estimate of drug-likeness (QED) is 0.399. The summed E-state index contributed by atoms with van der Waals surface area (Å²) < 4.78 is 30.2. The second kappa shape index (κ2) is 9.44. The van der Waals surface area contributed by atoms with Gasteiger partial charge in [0.1, 0.15) is 29.6 Å². The Morgan fingerprint density at radius 3 is 2.39 bits per heavy atom. The van der Waals surface area contributed by atoms with E-state index in [1.165, 1.54) is 18.2 Å². The number of methoxy groups -OCH3 is 1. The fourth-order valence-corrected chi connectivity index (χ4v) is 3.25. The van der Waals surface area contributed by atoms with Crippen molar-refractivity contribution in [3.05, 3.63) is 83.8 Å². The van der Waals surface area contributed by atoms with Crippen LogP contribution in [0.1, 0.15) is 11.3 Å². The molecule has 0 saturated heterocycles. The van der Waals surface area contributed by atoms with Crippen molar-refractivity contribution in [2.45, 2.75) is 13.5 Å². The molecule has 0 atom stereocenters. The lowest BCUT2D eigenvalue weighted by Crippen LogP contribution is -2.03. The van der Waals surface area contributed by atoms with Crippen LogP contribution in [0.5, 0.6) is 28.7 Å². The highest BCUT2D eigenvalue weighted by atomic mass is 19.1. The molecule has 168 valence electrons. The van der Waals surface area contributed by atoms with E-state index >= 15 is 0 Å². The number of para-hydroxylation sites is 2. The minimum Gasteiger partial charge on any atom is -0.507 e. The molecular weight excluding hydrogens is 425 g/mol. The van der Waals surface area contributed by atoms with Gasteiger partial charge in [-0.2, -0.15) is 0 Å². The highest BCUT2D eigenvalue weighted by molar-refractivity contribution is 5.75. The number of nitrogens with two attached hydrogens (primary N) is 1. The molecule has 0 aliphatic heterocycles. The van der Waals surface area contributed by atoms with Crippen LogP contribution < -0.4 is 19.9 Å². The Kier molecular flexibility index (Phi) is 6.26. The Labute approximate surface area is 190 Å². The minimum atomic E-state index is -0.314. The Bertz CT molecular complexity index is 1280. The Morgan fingerprint density at radius 2 is 1.70 bits per heavy atom. The van der Waals surface area contributed by atoms with Crippen molar-refractivity contribution in [1.82, 2.24) is 9.97 Å². The summed E-state index contributed by atoms with van der Waals surface area (Å²) in [6, 6.07) is 18.0. The zero-order valence-electron chi connectivity index (χ0n) is 18.1. The third kappa shape index (κ3) is 4.95. The molecular formula is C25H22FN3O4. The van der Waals surface area contributed by atoms with Gasteiger partial charge in [0.15, 0.2) is 17.2 Å². The molecule has 33 heavy (non-hydrogen) atoms. The number of phenols is 1. The lowest BCUT2D eigenvalue weighted by atomic mass is 10.1. The van der Waals surface area contributed by atoms with Crippen molar-refractivity contribution < 1.29 is 23.7 Å². The van der Waals surface area contributed by atoms with E-state index in [2.05, 4.69) is 9.97 Å². The maximum atomic E-state index is 13.1. The van der Waals surface area contributed by atoms with Crippen LogP contribution in [0.4, 0.5) is 10.3 Å². The first-order chi connectivity index (χ1) is 15.9. The lowest BCUT2D eigenvalue weighted by molar-refractivity contribution is 0.304. The molecule has 0 bridgehead atoms. The van der Waals surface area contributed by atoms with E-state index in [-0.39, 0.29) is 24.1 Å². The molecule has 4 rings (SSSR count). The number of ether oxygens (including phenoxy) is 3. The summed E-state index contributed by atoms with van der Waals surface area (Å²) in [5.41, 5.74) is 7.90. The van der Waals surface area contributed by atoms with Crippen molar-refractivity contribution in [3.63, 3.8) is 0 Å². The molecule has 4 aromatic rings. The van der Waals surface area contributed by atoms with Crippen molar-refractivity contribution in [3.8, 4) is 40.0 Å². The number of hydrogen-bond acceptors (Lipinski definition) is 7. The second-order valence-electron chi connectivity index (χ2n) is 7.19. The van der Waals surface area contributed by atoms with E-state index in [0.29, 0.717) is 39.9 Å². The SMILES string of the molecule is COc1ccccc1Oc1c(C)nc(N)nc1-c1ccc(OCc2ccc(F)cc2)cc1O. The van der Waals surface area contributed by atoms with Crippen LogP contribution in [-0.2, 0) is 6.61 Å². The monoisotopic (exact) mass is 447 g/mol. The number of aromatic hydroxyl groups is 1. The zero-order valence-corrected chi connectivity index (χ0v) is 18.1. The summed E-state index contributed by atoms with van der Waals surface area (Å²) in [4.78, 5) is 8.51. The molecule has 0 amide bonds. The average molecular weight is 447 g/mol. The van der Waals surface area contributed by atoms with Crippen LogP contribution in [-0.4, -0.2) is 22.2 Å². The van der Waals surface area contributed by atoms with Crippen LogP contribution in [0.25, 0.3) is 11.3 Å². The average Bonchev–Trinajstić information content (AvgIpc) is 2.81. The largest absolute Gasteiger partial charge is 0.507 e. The van der Waals surface area contributed by atoms with Crippen molar-refractivity contribution in [1.29, 1.82) is 0 Å². The van der Waals surface area contributed by atoms with Gasteiger partial charge in [0.25, 0.3) is 0 Å². The van der Waals surface area contributed by atoms with Crippen LogP contribution in [0, 0.1) is 12.7 Å². The van der Waals surface area contributed by atoms with Gasteiger partial charge in [-0.15, -0.1) is 0 Å². The van der Waals surface area contributed by atoms with Gasteiger partial charge in [-0.3, -0.25) is 0 Å². The summed E-state index contributed by atoms with van der Waals surface area (Å²) in [6.45, 7) is 1.96. The summed E-state index contributed by atoms with van der Waals surface area (Å²) in [5.74, 6) is 1.44.